The first-order valence-electron chi connectivity index (χ1n) is 8.41. The zero-order valence-corrected chi connectivity index (χ0v) is 14.0. The maximum atomic E-state index is 12.5. The lowest BCUT2D eigenvalue weighted by atomic mass is 10.1. The van der Waals surface area contributed by atoms with E-state index >= 15 is 0 Å². The highest BCUT2D eigenvalue weighted by molar-refractivity contribution is 5.77. The molecule has 0 radical (unpaired) electrons. The van der Waals surface area contributed by atoms with Crippen LogP contribution < -0.4 is 10.5 Å². The van der Waals surface area contributed by atoms with Gasteiger partial charge in [0.15, 0.2) is 0 Å². The third-order valence-electron chi connectivity index (χ3n) is 4.35. The molecule has 0 N–H and O–H groups in total. The SMILES string of the molecule is CN(C)CCCn1ccc2nc(N3CCCCC3)ncc2c1=O. The van der Waals surface area contributed by atoms with E-state index in [2.05, 4.69) is 19.8 Å². The van der Waals surface area contributed by atoms with Gasteiger partial charge in [-0.15, -0.1) is 0 Å². The highest BCUT2D eigenvalue weighted by Crippen LogP contribution is 2.17. The maximum Gasteiger partial charge on any atom is 0.261 e. The van der Waals surface area contributed by atoms with E-state index in [4.69, 9.17) is 0 Å². The minimum Gasteiger partial charge on any atom is -0.341 e. The first kappa shape index (κ1) is 15.9. The highest BCUT2D eigenvalue weighted by Gasteiger charge is 2.14. The van der Waals surface area contributed by atoms with Gasteiger partial charge in [0.1, 0.15) is 0 Å². The van der Waals surface area contributed by atoms with Gasteiger partial charge in [-0.1, -0.05) is 0 Å². The summed E-state index contributed by atoms with van der Waals surface area (Å²) < 4.78 is 1.76. The molecule has 2 aromatic rings. The lowest BCUT2D eigenvalue weighted by Crippen LogP contribution is -2.31. The number of pyridine rings is 1. The molecule has 1 saturated heterocycles. The molecule has 0 unspecified atom stereocenters. The summed E-state index contributed by atoms with van der Waals surface area (Å²) in [5.74, 6) is 0.752. The first-order valence-corrected chi connectivity index (χ1v) is 8.41. The van der Waals surface area contributed by atoms with Gasteiger partial charge in [-0.05, 0) is 52.4 Å². The smallest absolute Gasteiger partial charge is 0.261 e. The Morgan fingerprint density at radius 2 is 2.00 bits per heavy atom. The number of anilines is 1. The average molecular weight is 315 g/mol. The molecule has 0 saturated carbocycles. The molecular weight excluding hydrogens is 290 g/mol. The summed E-state index contributed by atoms with van der Waals surface area (Å²) in [5.41, 5.74) is 0.751. The molecule has 6 nitrogen and oxygen atoms in total. The molecule has 1 fully saturated rings. The molecule has 124 valence electrons. The van der Waals surface area contributed by atoms with Crippen LogP contribution in [-0.4, -0.2) is 53.2 Å². The Morgan fingerprint density at radius 3 is 2.74 bits per heavy atom. The number of aromatic nitrogens is 3. The van der Waals surface area contributed by atoms with Crippen molar-refractivity contribution in [1.29, 1.82) is 0 Å². The zero-order chi connectivity index (χ0) is 16.2. The number of fused-ring (bicyclic) bond motifs is 1. The fraction of sp³-hybridized carbons (Fsp3) is 0.588. The Morgan fingerprint density at radius 1 is 1.22 bits per heavy atom. The second-order valence-corrected chi connectivity index (χ2v) is 6.49. The summed E-state index contributed by atoms with van der Waals surface area (Å²) in [6.07, 6.45) is 8.15. The fourth-order valence-corrected chi connectivity index (χ4v) is 3.04. The molecular formula is C17H25N5O. The van der Waals surface area contributed by atoms with E-state index in [-0.39, 0.29) is 5.56 Å². The molecule has 0 amide bonds. The van der Waals surface area contributed by atoms with Crippen molar-refractivity contribution in [1.82, 2.24) is 19.4 Å². The molecule has 2 aromatic heterocycles. The van der Waals surface area contributed by atoms with E-state index < -0.39 is 0 Å². The fourth-order valence-electron chi connectivity index (χ4n) is 3.04. The molecule has 0 aliphatic carbocycles. The van der Waals surface area contributed by atoms with Crippen LogP contribution in [0.5, 0.6) is 0 Å². The Labute approximate surface area is 136 Å². The third-order valence-corrected chi connectivity index (χ3v) is 4.35. The van der Waals surface area contributed by atoms with Gasteiger partial charge >= 0.3 is 0 Å². The summed E-state index contributed by atoms with van der Waals surface area (Å²) in [4.78, 5) is 25.9. The Kier molecular flexibility index (Phi) is 4.91. The van der Waals surface area contributed by atoms with Crippen molar-refractivity contribution in [3.8, 4) is 0 Å². The van der Waals surface area contributed by atoms with Crippen molar-refractivity contribution < 1.29 is 0 Å². The van der Waals surface area contributed by atoms with Crippen LogP contribution in [0.15, 0.2) is 23.3 Å². The molecule has 0 bridgehead atoms. The van der Waals surface area contributed by atoms with E-state index in [1.54, 1.807) is 10.8 Å². The van der Waals surface area contributed by atoms with Gasteiger partial charge < -0.3 is 14.4 Å². The highest BCUT2D eigenvalue weighted by atomic mass is 16.1. The standard InChI is InChI=1S/C17H25N5O/c1-20(2)8-6-11-21-12-7-15-14(16(21)23)13-18-17(19-15)22-9-4-3-5-10-22/h7,12-13H,3-6,8-11H2,1-2H3. The van der Waals surface area contributed by atoms with E-state index in [0.29, 0.717) is 5.39 Å². The van der Waals surface area contributed by atoms with Gasteiger partial charge in [0.25, 0.3) is 5.56 Å². The van der Waals surface area contributed by atoms with Gasteiger partial charge in [0.2, 0.25) is 5.95 Å². The lowest BCUT2D eigenvalue weighted by Gasteiger charge is -2.26. The Bertz CT molecular complexity index is 718. The van der Waals surface area contributed by atoms with Crippen LogP contribution >= 0.6 is 0 Å². The second-order valence-electron chi connectivity index (χ2n) is 6.49. The van der Waals surface area contributed by atoms with Crippen molar-refractivity contribution >= 4 is 16.9 Å². The van der Waals surface area contributed by atoms with Crippen molar-refractivity contribution in [2.45, 2.75) is 32.2 Å². The predicted octanol–water partition coefficient (Wildman–Crippen LogP) is 1.73. The summed E-state index contributed by atoms with van der Waals surface area (Å²) in [5, 5.41) is 0.609. The Hall–Kier alpha value is -1.95. The van der Waals surface area contributed by atoms with Crippen molar-refractivity contribution in [2.24, 2.45) is 0 Å². The van der Waals surface area contributed by atoms with E-state index in [1.807, 2.05) is 26.4 Å². The van der Waals surface area contributed by atoms with Crippen LogP contribution in [0.2, 0.25) is 0 Å². The van der Waals surface area contributed by atoms with Crippen LogP contribution in [0.1, 0.15) is 25.7 Å². The average Bonchev–Trinajstić information content (AvgIpc) is 2.57. The van der Waals surface area contributed by atoms with E-state index in [0.717, 1.165) is 44.1 Å². The molecule has 0 aromatic carbocycles. The summed E-state index contributed by atoms with van der Waals surface area (Å²) in [6.45, 7) is 3.70. The van der Waals surface area contributed by atoms with Crippen molar-refractivity contribution in [3.05, 3.63) is 28.8 Å². The topological polar surface area (TPSA) is 54.3 Å². The summed E-state index contributed by atoms with van der Waals surface area (Å²) in [7, 11) is 4.08. The molecule has 0 spiro atoms. The van der Waals surface area contributed by atoms with Crippen LogP contribution in [0.3, 0.4) is 0 Å². The molecule has 1 aliphatic heterocycles. The van der Waals surface area contributed by atoms with Gasteiger partial charge in [0, 0.05) is 32.0 Å². The zero-order valence-electron chi connectivity index (χ0n) is 14.0. The quantitative estimate of drug-likeness (QED) is 0.841. The minimum atomic E-state index is 0.00597. The Balaban J connectivity index is 1.82. The maximum absolute atomic E-state index is 12.5. The predicted molar refractivity (Wildman–Crippen MR) is 93.0 cm³/mol. The molecule has 0 atom stereocenters. The lowest BCUT2D eigenvalue weighted by molar-refractivity contribution is 0.385. The van der Waals surface area contributed by atoms with Crippen molar-refractivity contribution in [2.75, 3.05) is 38.6 Å². The van der Waals surface area contributed by atoms with E-state index in [1.165, 1.54) is 19.3 Å². The first-order chi connectivity index (χ1) is 11.1. The normalized spacial score (nSPS) is 15.5. The van der Waals surface area contributed by atoms with Gasteiger partial charge in [0.05, 0.1) is 10.9 Å². The number of piperidine rings is 1. The third kappa shape index (κ3) is 3.69. The minimum absolute atomic E-state index is 0.00597. The van der Waals surface area contributed by atoms with Crippen LogP contribution in [-0.2, 0) is 6.54 Å². The van der Waals surface area contributed by atoms with Gasteiger partial charge in [-0.2, -0.15) is 0 Å². The van der Waals surface area contributed by atoms with Crippen LogP contribution in [0.25, 0.3) is 10.9 Å². The van der Waals surface area contributed by atoms with Gasteiger partial charge in [-0.3, -0.25) is 4.79 Å². The van der Waals surface area contributed by atoms with Crippen LogP contribution in [0.4, 0.5) is 5.95 Å². The van der Waals surface area contributed by atoms with E-state index in [9.17, 15) is 4.79 Å². The summed E-state index contributed by atoms with van der Waals surface area (Å²) >= 11 is 0. The number of hydrogen-bond acceptors (Lipinski definition) is 5. The van der Waals surface area contributed by atoms with Gasteiger partial charge in [-0.25, -0.2) is 9.97 Å². The van der Waals surface area contributed by atoms with Crippen molar-refractivity contribution in [3.63, 3.8) is 0 Å². The molecule has 1 aliphatic rings. The number of rotatable bonds is 5. The monoisotopic (exact) mass is 315 g/mol. The molecule has 23 heavy (non-hydrogen) atoms. The van der Waals surface area contributed by atoms with Crippen LogP contribution in [0, 0.1) is 0 Å². The number of aryl methyl sites for hydroxylation is 1. The largest absolute Gasteiger partial charge is 0.341 e. The molecule has 3 heterocycles. The number of nitrogens with zero attached hydrogens (tertiary/aromatic N) is 5. The summed E-state index contributed by atoms with van der Waals surface area (Å²) in [6, 6.07) is 1.93. The molecule has 3 rings (SSSR count). The number of hydrogen-bond donors (Lipinski definition) is 0. The second kappa shape index (κ2) is 7.08. The molecule has 6 heteroatoms.